The molecule has 0 radical (unpaired) electrons. The number of hydrogen-bond acceptors (Lipinski definition) is 3. The highest BCUT2D eigenvalue weighted by Gasteiger charge is 2.13. The molecule has 4 nitrogen and oxygen atoms in total. The van der Waals surface area contributed by atoms with Gasteiger partial charge in [0.1, 0.15) is 0 Å². The molecule has 0 atom stereocenters. The maximum absolute atomic E-state index is 11.7. The van der Waals surface area contributed by atoms with Crippen LogP contribution in [0.3, 0.4) is 0 Å². The number of fused-ring (bicyclic) bond motifs is 1. The van der Waals surface area contributed by atoms with Crippen LogP contribution in [0.2, 0.25) is 0 Å². The lowest BCUT2D eigenvalue weighted by Crippen LogP contribution is -2.08. The summed E-state index contributed by atoms with van der Waals surface area (Å²) in [6, 6.07) is 10.8. The van der Waals surface area contributed by atoms with Crippen molar-refractivity contribution in [2.45, 2.75) is 6.92 Å². The zero-order valence-electron chi connectivity index (χ0n) is 10.2. The summed E-state index contributed by atoms with van der Waals surface area (Å²) < 4.78 is 4.75. The first kappa shape index (κ1) is 12.1. The SMILES string of the molecule is COC(=O)c1cccc2cccc(NC(C)=O)c12. The highest BCUT2D eigenvalue weighted by atomic mass is 16.5. The third kappa shape index (κ3) is 2.18. The molecule has 2 aromatic rings. The van der Waals surface area contributed by atoms with Crippen LogP contribution in [0.15, 0.2) is 36.4 Å². The van der Waals surface area contributed by atoms with Crippen molar-refractivity contribution in [1.29, 1.82) is 0 Å². The van der Waals surface area contributed by atoms with E-state index in [9.17, 15) is 9.59 Å². The lowest BCUT2D eigenvalue weighted by atomic mass is 10.0. The number of hydrogen-bond donors (Lipinski definition) is 1. The summed E-state index contributed by atoms with van der Waals surface area (Å²) in [5.74, 6) is -0.597. The largest absolute Gasteiger partial charge is 0.465 e. The van der Waals surface area contributed by atoms with Crippen molar-refractivity contribution in [3.05, 3.63) is 42.0 Å². The fourth-order valence-electron chi connectivity index (χ4n) is 1.91. The Hall–Kier alpha value is -2.36. The van der Waals surface area contributed by atoms with E-state index in [0.717, 1.165) is 5.39 Å². The summed E-state index contributed by atoms with van der Waals surface area (Å²) in [5.41, 5.74) is 1.06. The zero-order chi connectivity index (χ0) is 13.1. The lowest BCUT2D eigenvalue weighted by Gasteiger charge is -2.10. The molecule has 1 N–H and O–H groups in total. The Bertz CT molecular complexity index is 614. The summed E-state index contributed by atoms with van der Waals surface area (Å²) >= 11 is 0. The van der Waals surface area contributed by atoms with Gasteiger partial charge < -0.3 is 10.1 Å². The van der Waals surface area contributed by atoms with Crippen LogP contribution < -0.4 is 5.32 Å². The molecule has 0 saturated carbocycles. The second-order valence-electron chi connectivity index (χ2n) is 3.88. The van der Waals surface area contributed by atoms with Crippen LogP contribution in [-0.2, 0) is 9.53 Å². The Balaban J connectivity index is 2.71. The van der Waals surface area contributed by atoms with Crippen molar-refractivity contribution in [3.8, 4) is 0 Å². The van der Waals surface area contributed by atoms with Gasteiger partial charge in [0.05, 0.1) is 12.7 Å². The number of amides is 1. The van der Waals surface area contributed by atoms with E-state index in [2.05, 4.69) is 5.32 Å². The Kier molecular flexibility index (Phi) is 3.28. The van der Waals surface area contributed by atoms with Gasteiger partial charge >= 0.3 is 5.97 Å². The van der Waals surface area contributed by atoms with Crippen molar-refractivity contribution in [2.75, 3.05) is 12.4 Å². The quantitative estimate of drug-likeness (QED) is 0.825. The average Bonchev–Trinajstić information content (AvgIpc) is 2.37. The van der Waals surface area contributed by atoms with Gasteiger partial charge in [-0.3, -0.25) is 4.79 Å². The van der Waals surface area contributed by atoms with E-state index < -0.39 is 5.97 Å². The summed E-state index contributed by atoms with van der Waals surface area (Å²) in [7, 11) is 1.34. The van der Waals surface area contributed by atoms with Gasteiger partial charge in [0.25, 0.3) is 0 Å². The molecule has 92 valence electrons. The third-order valence-corrected chi connectivity index (χ3v) is 2.62. The lowest BCUT2D eigenvalue weighted by molar-refractivity contribution is -0.114. The fourth-order valence-corrected chi connectivity index (χ4v) is 1.91. The van der Waals surface area contributed by atoms with E-state index >= 15 is 0 Å². The topological polar surface area (TPSA) is 55.4 Å². The number of methoxy groups -OCH3 is 1. The summed E-state index contributed by atoms with van der Waals surface area (Å²) in [6.07, 6.45) is 0. The van der Waals surface area contributed by atoms with Gasteiger partial charge in [-0.05, 0) is 17.5 Å². The molecule has 0 aliphatic heterocycles. The zero-order valence-corrected chi connectivity index (χ0v) is 10.2. The number of ether oxygens (including phenoxy) is 1. The van der Waals surface area contributed by atoms with E-state index in [0.29, 0.717) is 16.6 Å². The fraction of sp³-hybridized carbons (Fsp3) is 0.143. The molecule has 0 aliphatic carbocycles. The highest BCUT2D eigenvalue weighted by Crippen LogP contribution is 2.27. The molecule has 0 unspecified atom stereocenters. The molecular weight excluding hydrogens is 230 g/mol. The first-order valence-corrected chi connectivity index (χ1v) is 5.51. The van der Waals surface area contributed by atoms with Gasteiger partial charge in [-0.1, -0.05) is 24.3 Å². The molecule has 2 aromatic carbocycles. The molecule has 0 aliphatic rings. The molecule has 2 rings (SSSR count). The van der Waals surface area contributed by atoms with Crippen LogP contribution in [0.5, 0.6) is 0 Å². The second kappa shape index (κ2) is 4.87. The number of carbonyl (C=O) groups is 2. The molecule has 0 fully saturated rings. The number of esters is 1. The third-order valence-electron chi connectivity index (χ3n) is 2.62. The minimum Gasteiger partial charge on any atom is -0.465 e. The summed E-state index contributed by atoms with van der Waals surface area (Å²) in [6.45, 7) is 1.43. The van der Waals surface area contributed by atoms with Crippen molar-refractivity contribution in [1.82, 2.24) is 0 Å². The Labute approximate surface area is 105 Å². The van der Waals surface area contributed by atoms with Crippen LogP contribution in [0.25, 0.3) is 10.8 Å². The standard InChI is InChI=1S/C14H13NO3/c1-9(16)15-12-8-4-6-10-5-3-7-11(13(10)12)14(17)18-2/h3-8H,1-2H3,(H,15,16). The summed E-state index contributed by atoms with van der Waals surface area (Å²) in [4.78, 5) is 22.9. The number of benzene rings is 2. The van der Waals surface area contributed by atoms with E-state index in [4.69, 9.17) is 4.74 Å². The van der Waals surface area contributed by atoms with Gasteiger partial charge in [0.15, 0.2) is 0 Å². The minimum absolute atomic E-state index is 0.179. The maximum atomic E-state index is 11.7. The second-order valence-corrected chi connectivity index (χ2v) is 3.88. The molecule has 0 aromatic heterocycles. The van der Waals surface area contributed by atoms with Crippen molar-refractivity contribution in [2.24, 2.45) is 0 Å². The number of nitrogens with one attached hydrogen (secondary N) is 1. The van der Waals surface area contributed by atoms with Crippen molar-refractivity contribution >= 4 is 28.3 Å². The smallest absolute Gasteiger partial charge is 0.338 e. The van der Waals surface area contributed by atoms with Gasteiger partial charge in [-0.25, -0.2) is 4.79 Å². The Morgan fingerprint density at radius 1 is 1.11 bits per heavy atom. The average molecular weight is 243 g/mol. The van der Waals surface area contributed by atoms with Crippen LogP contribution >= 0.6 is 0 Å². The molecular formula is C14H13NO3. The number of rotatable bonds is 2. The van der Waals surface area contributed by atoms with Crippen LogP contribution in [-0.4, -0.2) is 19.0 Å². The van der Waals surface area contributed by atoms with Crippen LogP contribution in [0, 0.1) is 0 Å². The van der Waals surface area contributed by atoms with Gasteiger partial charge in [0.2, 0.25) is 5.91 Å². The molecule has 0 bridgehead atoms. The van der Waals surface area contributed by atoms with Crippen LogP contribution in [0.1, 0.15) is 17.3 Å². The summed E-state index contributed by atoms with van der Waals surface area (Å²) in [5, 5.41) is 4.30. The van der Waals surface area contributed by atoms with Crippen LogP contribution in [0.4, 0.5) is 5.69 Å². The van der Waals surface area contributed by atoms with Gasteiger partial charge in [0, 0.05) is 18.0 Å². The molecule has 0 heterocycles. The predicted octanol–water partition coefficient (Wildman–Crippen LogP) is 2.58. The van der Waals surface area contributed by atoms with E-state index in [1.807, 2.05) is 18.2 Å². The maximum Gasteiger partial charge on any atom is 0.338 e. The number of anilines is 1. The highest BCUT2D eigenvalue weighted by molar-refractivity contribution is 6.12. The van der Waals surface area contributed by atoms with Crippen molar-refractivity contribution < 1.29 is 14.3 Å². The van der Waals surface area contributed by atoms with Crippen molar-refractivity contribution in [3.63, 3.8) is 0 Å². The Morgan fingerprint density at radius 3 is 2.39 bits per heavy atom. The predicted molar refractivity (Wildman–Crippen MR) is 69.6 cm³/mol. The molecule has 1 amide bonds. The van der Waals surface area contributed by atoms with E-state index in [-0.39, 0.29) is 5.91 Å². The first-order chi connectivity index (χ1) is 8.63. The molecule has 18 heavy (non-hydrogen) atoms. The Morgan fingerprint density at radius 2 is 1.78 bits per heavy atom. The van der Waals surface area contributed by atoms with Gasteiger partial charge in [-0.2, -0.15) is 0 Å². The molecule has 0 spiro atoms. The number of carbonyl (C=O) groups excluding carboxylic acids is 2. The molecule has 4 heteroatoms. The van der Waals surface area contributed by atoms with E-state index in [1.165, 1.54) is 14.0 Å². The monoisotopic (exact) mass is 243 g/mol. The molecule has 0 saturated heterocycles. The van der Waals surface area contributed by atoms with E-state index in [1.54, 1.807) is 18.2 Å². The first-order valence-electron chi connectivity index (χ1n) is 5.51. The normalized spacial score (nSPS) is 10.1. The minimum atomic E-state index is -0.418. The van der Waals surface area contributed by atoms with Gasteiger partial charge in [-0.15, -0.1) is 0 Å².